The minimum Gasteiger partial charge on any atom is -0.497 e. The Labute approximate surface area is 151 Å². The topological polar surface area (TPSA) is 106 Å². The predicted octanol–water partition coefficient (Wildman–Crippen LogP) is 2.44. The second-order valence-corrected chi connectivity index (χ2v) is 6.94. The van der Waals surface area contributed by atoms with Crippen LogP contribution < -0.4 is 15.8 Å². The van der Waals surface area contributed by atoms with Crippen molar-refractivity contribution >= 4 is 6.09 Å². The second-order valence-electron chi connectivity index (χ2n) is 6.94. The summed E-state index contributed by atoms with van der Waals surface area (Å²) < 4.78 is 15.4. The second kappa shape index (κ2) is 8.55. The highest BCUT2D eigenvalue weighted by molar-refractivity contribution is 5.68. The molecule has 8 heteroatoms. The molecule has 0 bridgehead atoms. The van der Waals surface area contributed by atoms with E-state index in [0.717, 1.165) is 11.3 Å². The van der Waals surface area contributed by atoms with Gasteiger partial charge in [0.1, 0.15) is 11.4 Å². The molecule has 2 N–H and O–H groups in total. The Hall–Kier alpha value is -2.77. The third kappa shape index (κ3) is 6.62. The van der Waals surface area contributed by atoms with Gasteiger partial charge in [-0.25, -0.2) is 14.7 Å². The largest absolute Gasteiger partial charge is 0.497 e. The molecule has 0 aliphatic heterocycles. The number of hydrogen-bond donors (Lipinski definition) is 2. The summed E-state index contributed by atoms with van der Waals surface area (Å²) in [5.74, 6) is 0.483. The molecule has 142 valence electrons. The number of ether oxygens (including phenoxy) is 2. The smallest absolute Gasteiger partial charge is 0.434 e. The van der Waals surface area contributed by atoms with E-state index in [9.17, 15) is 9.59 Å². The highest BCUT2D eigenvalue weighted by Crippen LogP contribution is 2.15. The fourth-order valence-electron chi connectivity index (χ4n) is 2.41. The molecular formula is C18H25N3O5. The van der Waals surface area contributed by atoms with E-state index in [4.69, 9.17) is 13.9 Å². The van der Waals surface area contributed by atoms with E-state index < -0.39 is 17.5 Å². The summed E-state index contributed by atoms with van der Waals surface area (Å²) >= 11 is 0. The van der Waals surface area contributed by atoms with Crippen molar-refractivity contribution in [3.63, 3.8) is 0 Å². The Balaban J connectivity index is 2.03. The Morgan fingerprint density at radius 2 is 2.00 bits per heavy atom. The number of aromatic nitrogens is 2. The number of methoxy groups -OCH3 is 1. The van der Waals surface area contributed by atoms with E-state index in [2.05, 4.69) is 15.5 Å². The lowest BCUT2D eigenvalue weighted by atomic mass is 10.0. The summed E-state index contributed by atoms with van der Waals surface area (Å²) in [6.07, 6.45) is 1.06. The molecule has 26 heavy (non-hydrogen) atoms. The van der Waals surface area contributed by atoms with Crippen molar-refractivity contribution in [3.05, 3.63) is 46.3 Å². The first-order valence-electron chi connectivity index (χ1n) is 8.42. The number of amides is 1. The fraction of sp³-hybridized carbons (Fsp3) is 0.500. The molecule has 1 aromatic heterocycles. The maximum Gasteiger partial charge on any atom is 0.434 e. The molecule has 0 saturated carbocycles. The van der Waals surface area contributed by atoms with Crippen LogP contribution in [0.15, 0.2) is 33.5 Å². The molecule has 2 aromatic rings. The van der Waals surface area contributed by atoms with E-state index in [1.165, 1.54) is 0 Å². The highest BCUT2D eigenvalue weighted by atomic mass is 16.6. The number of aromatic amines is 1. The third-order valence-corrected chi connectivity index (χ3v) is 3.55. The Morgan fingerprint density at radius 1 is 1.31 bits per heavy atom. The van der Waals surface area contributed by atoms with Crippen LogP contribution in [-0.2, 0) is 17.6 Å². The molecule has 1 amide bonds. The monoisotopic (exact) mass is 363 g/mol. The van der Waals surface area contributed by atoms with E-state index in [1.807, 2.05) is 45.0 Å². The lowest BCUT2D eigenvalue weighted by Gasteiger charge is -2.23. The average molecular weight is 363 g/mol. The van der Waals surface area contributed by atoms with Gasteiger partial charge in [-0.2, -0.15) is 0 Å². The number of nitrogens with zero attached hydrogens (tertiary/aromatic N) is 1. The molecule has 1 aromatic carbocycles. The fourth-order valence-corrected chi connectivity index (χ4v) is 2.41. The summed E-state index contributed by atoms with van der Waals surface area (Å²) in [5, 5.41) is 8.90. The molecule has 1 heterocycles. The predicted molar refractivity (Wildman–Crippen MR) is 95.3 cm³/mol. The van der Waals surface area contributed by atoms with Gasteiger partial charge in [-0.15, -0.1) is 5.10 Å². The Morgan fingerprint density at radius 3 is 2.54 bits per heavy atom. The number of aryl methyl sites for hydroxylation is 1. The van der Waals surface area contributed by atoms with Crippen molar-refractivity contribution in [2.24, 2.45) is 0 Å². The van der Waals surface area contributed by atoms with Crippen molar-refractivity contribution in [1.29, 1.82) is 0 Å². The lowest BCUT2D eigenvalue weighted by Crippen LogP contribution is -2.40. The maximum atomic E-state index is 12.1. The third-order valence-electron chi connectivity index (χ3n) is 3.55. The van der Waals surface area contributed by atoms with Gasteiger partial charge in [0.2, 0.25) is 5.89 Å². The number of carbonyl (C=O) groups excluding carboxylic acids is 1. The normalized spacial score (nSPS) is 12.5. The summed E-state index contributed by atoms with van der Waals surface area (Å²) in [5.41, 5.74) is 0.458. The van der Waals surface area contributed by atoms with Crippen molar-refractivity contribution in [2.75, 3.05) is 7.11 Å². The Kier molecular flexibility index (Phi) is 6.43. The van der Waals surface area contributed by atoms with Gasteiger partial charge in [0.05, 0.1) is 7.11 Å². The molecule has 0 radical (unpaired) electrons. The van der Waals surface area contributed by atoms with Crippen LogP contribution in [0.4, 0.5) is 4.79 Å². The summed E-state index contributed by atoms with van der Waals surface area (Å²) in [6, 6.07) is 7.41. The van der Waals surface area contributed by atoms with E-state index >= 15 is 0 Å². The first-order chi connectivity index (χ1) is 12.2. The van der Waals surface area contributed by atoms with Crippen molar-refractivity contribution in [3.8, 4) is 5.75 Å². The minimum atomic E-state index is -0.591. The van der Waals surface area contributed by atoms with Gasteiger partial charge in [-0.1, -0.05) is 12.1 Å². The van der Waals surface area contributed by atoms with Crippen molar-refractivity contribution in [1.82, 2.24) is 15.5 Å². The Bertz CT molecular complexity index is 758. The first kappa shape index (κ1) is 19.6. The van der Waals surface area contributed by atoms with Gasteiger partial charge in [0, 0.05) is 12.5 Å². The van der Waals surface area contributed by atoms with Crippen LogP contribution in [0.2, 0.25) is 0 Å². The van der Waals surface area contributed by atoms with Crippen molar-refractivity contribution in [2.45, 2.75) is 51.7 Å². The van der Waals surface area contributed by atoms with Gasteiger partial charge in [-0.3, -0.25) is 0 Å². The average Bonchev–Trinajstić information content (AvgIpc) is 2.97. The lowest BCUT2D eigenvalue weighted by molar-refractivity contribution is 0.0501. The summed E-state index contributed by atoms with van der Waals surface area (Å²) in [6.45, 7) is 5.43. The zero-order valence-electron chi connectivity index (χ0n) is 15.5. The SMILES string of the molecule is COc1ccc(CC(CCc2n[nH]c(=O)o2)NC(=O)OC(C)(C)C)cc1. The van der Waals surface area contributed by atoms with Crippen LogP contribution >= 0.6 is 0 Å². The quantitative estimate of drug-likeness (QED) is 0.782. The zero-order chi connectivity index (χ0) is 19.2. The molecule has 0 spiro atoms. The van der Waals surface area contributed by atoms with Gasteiger partial charge in [0.15, 0.2) is 0 Å². The molecular weight excluding hydrogens is 338 g/mol. The van der Waals surface area contributed by atoms with Crippen LogP contribution in [-0.4, -0.2) is 35.0 Å². The summed E-state index contributed by atoms with van der Waals surface area (Å²) in [7, 11) is 1.61. The van der Waals surface area contributed by atoms with Crippen molar-refractivity contribution < 1.29 is 18.7 Å². The van der Waals surface area contributed by atoms with E-state index in [0.29, 0.717) is 25.2 Å². The molecule has 8 nitrogen and oxygen atoms in total. The van der Waals surface area contributed by atoms with Gasteiger partial charge < -0.3 is 19.2 Å². The molecule has 0 fully saturated rings. The molecule has 2 rings (SSSR count). The van der Waals surface area contributed by atoms with Crippen LogP contribution in [0.3, 0.4) is 0 Å². The number of nitrogens with one attached hydrogen (secondary N) is 2. The highest BCUT2D eigenvalue weighted by Gasteiger charge is 2.20. The van der Waals surface area contributed by atoms with Crippen LogP contribution in [0.5, 0.6) is 5.75 Å². The number of carbonyl (C=O) groups is 1. The molecule has 0 saturated heterocycles. The minimum absolute atomic E-state index is 0.208. The molecule has 1 unspecified atom stereocenters. The van der Waals surface area contributed by atoms with Crippen LogP contribution in [0.1, 0.15) is 38.6 Å². The first-order valence-corrected chi connectivity index (χ1v) is 8.42. The molecule has 1 atom stereocenters. The van der Waals surface area contributed by atoms with Gasteiger partial charge >= 0.3 is 11.8 Å². The molecule has 0 aliphatic carbocycles. The summed E-state index contributed by atoms with van der Waals surface area (Å²) in [4.78, 5) is 23.2. The maximum absolute atomic E-state index is 12.1. The standard InChI is InChI=1S/C18H25N3O5/c1-18(2,3)26-16(22)19-13(7-10-15-20-21-17(23)25-15)11-12-5-8-14(24-4)9-6-12/h5-6,8-9,13H,7,10-11H2,1-4H3,(H,19,22)(H,21,23). The zero-order valence-corrected chi connectivity index (χ0v) is 15.5. The van der Waals surface area contributed by atoms with E-state index in [1.54, 1.807) is 7.11 Å². The number of benzene rings is 1. The van der Waals surface area contributed by atoms with Crippen LogP contribution in [0.25, 0.3) is 0 Å². The number of hydrogen-bond acceptors (Lipinski definition) is 6. The number of H-pyrrole nitrogens is 1. The molecule has 0 aliphatic rings. The van der Waals surface area contributed by atoms with Gasteiger partial charge in [0.25, 0.3) is 0 Å². The van der Waals surface area contributed by atoms with Gasteiger partial charge in [-0.05, 0) is 51.3 Å². The number of alkyl carbamates (subject to hydrolysis) is 1. The van der Waals surface area contributed by atoms with Crippen LogP contribution in [0, 0.1) is 0 Å². The van der Waals surface area contributed by atoms with E-state index in [-0.39, 0.29) is 6.04 Å². The number of rotatable bonds is 7.